The predicted octanol–water partition coefficient (Wildman–Crippen LogP) is 3.64. The van der Waals surface area contributed by atoms with E-state index in [1.165, 1.54) is 12.1 Å². The van der Waals surface area contributed by atoms with Crippen molar-refractivity contribution in [1.82, 2.24) is 5.32 Å². The van der Waals surface area contributed by atoms with Crippen LogP contribution >= 0.6 is 22.3 Å². The average Bonchev–Trinajstić information content (AvgIpc) is 2.77. The Kier molecular flexibility index (Phi) is 4.57. The van der Waals surface area contributed by atoms with Crippen molar-refractivity contribution < 1.29 is 13.2 Å². The third-order valence-electron chi connectivity index (χ3n) is 3.94. The van der Waals surface area contributed by atoms with Gasteiger partial charge in [-0.15, -0.1) is 0 Å². The third kappa shape index (κ3) is 3.71. The summed E-state index contributed by atoms with van der Waals surface area (Å²) < 4.78 is 23.1. The van der Waals surface area contributed by atoms with Gasteiger partial charge >= 0.3 is 0 Å². The van der Waals surface area contributed by atoms with Gasteiger partial charge in [0.25, 0.3) is 15.0 Å². The lowest BCUT2D eigenvalue weighted by atomic mass is 10.00. The van der Waals surface area contributed by atoms with E-state index in [1.54, 1.807) is 6.92 Å². The van der Waals surface area contributed by atoms with Gasteiger partial charge in [0.1, 0.15) is 0 Å². The molecule has 0 heterocycles. The van der Waals surface area contributed by atoms with Crippen LogP contribution in [-0.4, -0.2) is 19.9 Å². The molecular formula is C14H17Cl2NO3S. The summed E-state index contributed by atoms with van der Waals surface area (Å²) in [5.74, 6) is -0.331. The molecule has 1 fully saturated rings. The SMILES string of the molecule is Cc1c(Cl)cc(C(=O)NC2(C)CCCC2)cc1S(=O)(=O)Cl. The summed E-state index contributed by atoms with van der Waals surface area (Å²) >= 11 is 6.02. The van der Waals surface area contributed by atoms with Crippen LogP contribution in [0.3, 0.4) is 0 Å². The minimum atomic E-state index is -3.95. The first-order valence-corrected chi connectivity index (χ1v) is 9.38. The van der Waals surface area contributed by atoms with Crippen molar-refractivity contribution >= 4 is 37.2 Å². The minimum absolute atomic E-state index is 0.126. The quantitative estimate of drug-likeness (QED) is 0.847. The summed E-state index contributed by atoms with van der Waals surface area (Å²) in [6.07, 6.45) is 3.98. The number of carbonyl (C=O) groups excluding carboxylic acids is 1. The fourth-order valence-electron chi connectivity index (χ4n) is 2.66. The fourth-order valence-corrected chi connectivity index (χ4v) is 4.16. The Bertz CT molecular complexity index is 680. The summed E-state index contributed by atoms with van der Waals surface area (Å²) in [5, 5.41) is 3.17. The van der Waals surface area contributed by atoms with Gasteiger partial charge in [0, 0.05) is 26.8 Å². The normalized spacial score (nSPS) is 17.7. The third-order valence-corrected chi connectivity index (χ3v) is 5.78. The molecule has 116 valence electrons. The van der Waals surface area contributed by atoms with Gasteiger partial charge in [0.05, 0.1) is 4.90 Å². The van der Waals surface area contributed by atoms with E-state index < -0.39 is 9.05 Å². The molecule has 0 aromatic heterocycles. The van der Waals surface area contributed by atoms with Gasteiger partial charge < -0.3 is 5.32 Å². The Morgan fingerprint density at radius 1 is 1.29 bits per heavy atom. The molecule has 0 atom stereocenters. The van der Waals surface area contributed by atoms with Crippen molar-refractivity contribution in [3.05, 3.63) is 28.3 Å². The summed E-state index contributed by atoms with van der Waals surface area (Å²) in [6.45, 7) is 3.55. The highest BCUT2D eigenvalue weighted by Gasteiger charge is 2.31. The van der Waals surface area contributed by atoms with Crippen LogP contribution in [0.2, 0.25) is 5.02 Å². The largest absolute Gasteiger partial charge is 0.347 e. The van der Waals surface area contributed by atoms with Crippen molar-refractivity contribution in [3.63, 3.8) is 0 Å². The highest BCUT2D eigenvalue weighted by Crippen LogP contribution is 2.31. The first-order chi connectivity index (χ1) is 9.62. The second-order valence-corrected chi connectivity index (χ2v) is 8.68. The average molecular weight is 350 g/mol. The van der Waals surface area contributed by atoms with Crippen LogP contribution in [0, 0.1) is 6.92 Å². The van der Waals surface area contributed by atoms with Crippen LogP contribution in [0.5, 0.6) is 0 Å². The lowest BCUT2D eigenvalue weighted by molar-refractivity contribution is 0.0908. The van der Waals surface area contributed by atoms with Crippen LogP contribution in [-0.2, 0) is 9.05 Å². The zero-order chi connectivity index (χ0) is 15.8. The maximum absolute atomic E-state index is 12.3. The van der Waals surface area contributed by atoms with Crippen molar-refractivity contribution in [2.24, 2.45) is 0 Å². The number of benzene rings is 1. The van der Waals surface area contributed by atoms with E-state index in [2.05, 4.69) is 5.32 Å². The van der Waals surface area contributed by atoms with Crippen LogP contribution in [0.15, 0.2) is 17.0 Å². The van der Waals surface area contributed by atoms with Gasteiger partial charge in [-0.25, -0.2) is 8.42 Å². The zero-order valence-corrected chi connectivity index (χ0v) is 14.2. The molecule has 2 rings (SSSR count). The lowest BCUT2D eigenvalue weighted by Gasteiger charge is -2.25. The zero-order valence-electron chi connectivity index (χ0n) is 11.9. The molecule has 1 N–H and O–H groups in total. The van der Waals surface area contributed by atoms with Gasteiger partial charge in [-0.1, -0.05) is 24.4 Å². The van der Waals surface area contributed by atoms with Crippen molar-refractivity contribution in [3.8, 4) is 0 Å². The second kappa shape index (κ2) is 5.78. The number of nitrogens with one attached hydrogen (secondary N) is 1. The molecule has 1 aromatic carbocycles. The van der Waals surface area contributed by atoms with Gasteiger partial charge in [0.2, 0.25) is 0 Å². The van der Waals surface area contributed by atoms with Crippen LogP contribution in [0.25, 0.3) is 0 Å². The topological polar surface area (TPSA) is 63.2 Å². The number of hydrogen-bond acceptors (Lipinski definition) is 3. The van der Waals surface area contributed by atoms with Gasteiger partial charge in [-0.05, 0) is 44.4 Å². The summed E-state index contributed by atoms with van der Waals surface area (Å²) in [7, 11) is 1.45. The van der Waals surface area contributed by atoms with E-state index in [4.69, 9.17) is 22.3 Å². The molecule has 7 heteroatoms. The first kappa shape index (κ1) is 16.6. The Morgan fingerprint density at radius 2 is 1.86 bits per heavy atom. The predicted molar refractivity (Wildman–Crippen MR) is 83.6 cm³/mol. The molecule has 0 aliphatic heterocycles. The van der Waals surface area contributed by atoms with Gasteiger partial charge in [-0.2, -0.15) is 0 Å². The van der Waals surface area contributed by atoms with E-state index in [9.17, 15) is 13.2 Å². The maximum atomic E-state index is 12.3. The maximum Gasteiger partial charge on any atom is 0.261 e. The Morgan fingerprint density at radius 3 is 2.38 bits per heavy atom. The van der Waals surface area contributed by atoms with Gasteiger partial charge in [0.15, 0.2) is 0 Å². The molecule has 0 spiro atoms. The molecule has 4 nitrogen and oxygen atoms in total. The monoisotopic (exact) mass is 349 g/mol. The van der Waals surface area contributed by atoms with Crippen molar-refractivity contribution in [2.75, 3.05) is 0 Å². The molecule has 0 unspecified atom stereocenters. The Balaban J connectivity index is 2.36. The summed E-state index contributed by atoms with van der Waals surface area (Å²) in [6, 6.07) is 2.74. The molecule has 1 aliphatic rings. The van der Waals surface area contributed by atoms with E-state index in [-0.39, 0.29) is 26.9 Å². The van der Waals surface area contributed by atoms with Crippen molar-refractivity contribution in [1.29, 1.82) is 0 Å². The standard InChI is InChI=1S/C14H17Cl2NO3S/c1-9-11(15)7-10(8-12(9)21(16,19)20)13(18)17-14(2)5-3-4-6-14/h7-8H,3-6H2,1-2H3,(H,17,18). The number of hydrogen-bond donors (Lipinski definition) is 1. The number of rotatable bonds is 3. The smallest absolute Gasteiger partial charge is 0.261 e. The van der Waals surface area contributed by atoms with Crippen LogP contribution < -0.4 is 5.32 Å². The summed E-state index contributed by atoms with van der Waals surface area (Å²) in [4.78, 5) is 12.2. The highest BCUT2D eigenvalue weighted by molar-refractivity contribution is 8.13. The lowest BCUT2D eigenvalue weighted by Crippen LogP contribution is -2.43. The van der Waals surface area contributed by atoms with Crippen molar-refractivity contribution in [2.45, 2.75) is 50.0 Å². The van der Waals surface area contributed by atoms with Crippen LogP contribution in [0.4, 0.5) is 0 Å². The molecule has 0 saturated heterocycles. The number of carbonyl (C=O) groups is 1. The first-order valence-electron chi connectivity index (χ1n) is 6.70. The molecule has 1 aromatic rings. The molecule has 1 amide bonds. The Labute approximate surface area is 134 Å². The minimum Gasteiger partial charge on any atom is -0.347 e. The Hall–Kier alpha value is -0.780. The van der Waals surface area contributed by atoms with E-state index >= 15 is 0 Å². The summed E-state index contributed by atoms with van der Waals surface area (Å²) in [5.41, 5.74) is 0.308. The fraction of sp³-hybridized carbons (Fsp3) is 0.500. The highest BCUT2D eigenvalue weighted by atomic mass is 35.7. The van der Waals surface area contributed by atoms with E-state index in [1.807, 2.05) is 6.92 Å². The molecule has 21 heavy (non-hydrogen) atoms. The molecular weight excluding hydrogens is 333 g/mol. The molecule has 1 saturated carbocycles. The second-order valence-electron chi connectivity index (χ2n) is 5.74. The molecule has 0 bridgehead atoms. The van der Waals surface area contributed by atoms with Gasteiger partial charge in [-0.3, -0.25) is 4.79 Å². The van der Waals surface area contributed by atoms with E-state index in [0.29, 0.717) is 5.56 Å². The molecule has 1 aliphatic carbocycles. The number of halogens is 2. The van der Waals surface area contributed by atoms with E-state index in [0.717, 1.165) is 25.7 Å². The number of amides is 1. The van der Waals surface area contributed by atoms with Crippen LogP contribution in [0.1, 0.15) is 48.5 Å². The molecule has 0 radical (unpaired) electrons.